The predicted molar refractivity (Wildman–Crippen MR) is 78.7 cm³/mol. The van der Waals surface area contributed by atoms with Crippen LogP contribution in [0.5, 0.6) is 0 Å². The second-order valence-electron chi connectivity index (χ2n) is 4.50. The maximum Gasteiger partial charge on any atom is 0.312 e. The van der Waals surface area contributed by atoms with Gasteiger partial charge in [-0.2, -0.15) is 0 Å². The lowest BCUT2D eigenvalue weighted by molar-refractivity contribution is -0.160. The SMILES string of the molecule is CCOC(=O)C(CC)C(O)(CC)c1cccc(Br)c1. The summed E-state index contributed by atoms with van der Waals surface area (Å²) in [5.74, 6) is -0.888. The molecule has 106 valence electrons. The molecular weight excluding hydrogens is 308 g/mol. The summed E-state index contributed by atoms with van der Waals surface area (Å²) >= 11 is 3.40. The smallest absolute Gasteiger partial charge is 0.312 e. The molecule has 0 saturated heterocycles. The van der Waals surface area contributed by atoms with Crippen LogP contribution in [-0.2, 0) is 15.1 Å². The molecule has 1 aromatic carbocycles. The predicted octanol–water partition coefficient (Wildman–Crippen LogP) is 3.64. The number of carbonyl (C=O) groups excluding carboxylic acids is 1. The molecule has 0 aliphatic carbocycles. The van der Waals surface area contributed by atoms with Gasteiger partial charge in [0.15, 0.2) is 0 Å². The minimum Gasteiger partial charge on any atom is -0.466 e. The molecule has 0 radical (unpaired) electrons. The van der Waals surface area contributed by atoms with E-state index in [-0.39, 0.29) is 5.97 Å². The second kappa shape index (κ2) is 7.06. The molecule has 1 N–H and O–H groups in total. The molecule has 1 rings (SSSR count). The Bertz CT molecular complexity index is 433. The van der Waals surface area contributed by atoms with E-state index in [2.05, 4.69) is 15.9 Å². The molecular formula is C15H21BrO3. The highest BCUT2D eigenvalue weighted by Gasteiger charge is 2.41. The first-order valence-electron chi connectivity index (χ1n) is 6.64. The molecule has 2 unspecified atom stereocenters. The van der Waals surface area contributed by atoms with Gasteiger partial charge in [-0.1, -0.05) is 41.9 Å². The third-order valence-corrected chi connectivity index (χ3v) is 3.91. The van der Waals surface area contributed by atoms with Crippen molar-refractivity contribution in [3.05, 3.63) is 34.3 Å². The van der Waals surface area contributed by atoms with Crippen molar-refractivity contribution in [2.75, 3.05) is 6.61 Å². The van der Waals surface area contributed by atoms with Crippen LogP contribution in [0, 0.1) is 5.92 Å². The minimum absolute atomic E-state index is 0.327. The number of hydrogen-bond acceptors (Lipinski definition) is 3. The number of ether oxygens (including phenoxy) is 1. The first-order valence-corrected chi connectivity index (χ1v) is 7.43. The molecule has 0 amide bonds. The van der Waals surface area contributed by atoms with Crippen LogP contribution in [0.25, 0.3) is 0 Å². The fraction of sp³-hybridized carbons (Fsp3) is 0.533. The third kappa shape index (κ3) is 3.57. The van der Waals surface area contributed by atoms with Gasteiger partial charge in [-0.05, 0) is 37.5 Å². The van der Waals surface area contributed by atoms with Gasteiger partial charge in [0.2, 0.25) is 0 Å². The third-order valence-electron chi connectivity index (χ3n) is 3.42. The molecule has 3 nitrogen and oxygen atoms in total. The van der Waals surface area contributed by atoms with Crippen LogP contribution in [0.1, 0.15) is 39.2 Å². The Hall–Kier alpha value is -0.870. The molecule has 0 spiro atoms. The average molecular weight is 329 g/mol. The van der Waals surface area contributed by atoms with E-state index in [9.17, 15) is 9.90 Å². The normalized spacial score (nSPS) is 15.6. The molecule has 0 heterocycles. The molecule has 4 heteroatoms. The van der Waals surface area contributed by atoms with E-state index in [1.807, 2.05) is 38.1 Å². The first kappa shape index (κ1) is 16.2. The van der Waals surface area contributed by atoms with Crippen molar-refractivity contribution in [3.8, 4) is 0 Å². The Morgan fingerprint density at radius 1 is 1.42 bits per heavy atom. The molecule has 19 heavy (non-hydrogen) atoms. The lowest BCUT2D eigenvalue weighted by Crippen LogP contribution is -2.40. The van der Waals surface area contributed by atoms with Crippen LogP contribution in [0.4, 0.5) is 0 Å². The van der Waals surface area contributed by atoms with Crippen molar-refractivity contribution in [2.24, 2.45) is 5.92 Å². The summed E-state index contributed by atoms with van der Waals surface area (Å²) in [5, 5.41) is 11.0. The van der Waals surface area contributed by atoms with Crippen molar-refractivity contribution in [1.82, 2.24) is 0 Å². The van der Waals surface area contributed by atoms with Gasteiger partial charge in [-0.3, -0.25) is 4.79 Å². The average Bonchev–Trinajstić information content (AvgIpc) is 2.39. The number of aliphatic hydroxyl groups is 1. The zero-order valence-electron chi connectivity index (χ0n) is 11.6. The fourth-order valence-electron chi connectivity index (χ4n) is 2.35. The van der Waals surface area contributed by atoms with Crippen LogP contribution in [0.3, 0.4) is 0 Å². The maximum absolute atomic E-state index is 12.0. The number of benzene rings is 1. The molecule has 0 bridgehead atoms. The highest BCUT2D eigenvalue weighted by atomic mass is 79.9. The summed E-state index contributed by atoms with van der Waals surface area (Å²) in [6.45, 7) is 5.87. The summed E-state index contributed by atoms with van der Waals surface area (Å²) in [6.07, 6.45) is 0.996. The Labute approximate surface area is 123 Å². The second-order valence-corrected chi connectivity index (χ2v) is 5.42. The van der Waals surface area contributed by atoms with Crippen LogP contribution in [-0.4, -0.2) is 17.7 Å². The number of esters is 1. The van der Waals surface area contributed by atoms with Gasteiger partial charge in [0.1, 0.15) is 5.60 Å². The highest BCUT2D eigenvalue weighted by Crippen LogP contribution is 2.36. The molecule has 0 fully saturated rings. The Balaban J connectivity index is 3.17. The van der Waals surface area contributed by atoms with Gasteiger partial charge in [-0.25, -0.2) is 0 Å². The number of rotatable bonds is 6. The topological polar surface area (TPSA) is 46.5 Å². The van der Waals surface area contributed by atoms with Crippen molar-refractivity contribution < 1.29 is 14.6 Å². The monoisotopic (exact) mass is 328 g/mol. The summed E-state index contributed by atoms with van der Waals surface area (Å²) < 4.78 is 5.97. The van der Waals surface area contributed by atoms with Crippen molar-refractivity contribution in [3.63, 3.8) is 0 Å². The Kier molecular flexibility index (Phi) is 6.01. The van der Waals surface area contributed by atoms with Crippen molar-refractivity contribution >= 4 is 21.9 Å². The Morgan fingerprint density at radius 3 is 2.58 bits per heavy atom. The van der Waals surface area contributed by atoms with Crippen LogP contribution < -0.4 is 0 Å². The van der Waals surface area contributed by atoms with Gasteiger partial charge in [0, 0.05) is 4.47 Å². The van der Waals surface area contributed by atoms with E-state index < -0.39 is 11.5 Å². The molecule has 0 aliphatic heterocycles. The quantitative estimate of drug-likeness (QED) is 0.811. The van der Waals surface area contributed by atoms with E-state index in [4.69, 9.17) is 4.74 Å². The van der Waals surface area contributed by atoms with E-state index in [1.54, 1.807) is 6.92 Å². The largest absolute Gasteiger partial charge is 0.466 e. The number of carbonyl (C=O) groups is 1. The fourth-order valence-corrected chi connectivity index (χ4v) is 2.75. The van der Waals surface area contributed by atoms with E-state index in [0.717, 1.165) is 10.0 Å². The van der Waals surface area contributed by atoms with Gasteiger partial charge in [0.05, 0.1) is 12.5 Å². The Morgan fingerprint density at radius 2 is 2.11 bits per heavy atom. The molecule has 0 aromatic heterocycles. The first-order chi connectivity index (χ1) is 8.99. The van der Waals surface area contributed by atoms with Gasteiger partial charge in [-0.15, -0.1) is 0 Å². The molecule has 0 aliphatic rings. The zero-order valence-corrected chi connectivity index (χ0v) is 13.2. The highest BCUT2D eigenvalue weighted by molar-refractivity contribution is 9.10. The standard InChI is InChI=1S/C15H21BrO3/c1-4-13(14(17)19-6-3)15(18,5-2)11-8-7-9-12(16)10-11/h7-10,13,18H,4-6H2,1-3H3. The summed E-state index contributed by atoms with van der Waals surface area (Å²) in [7, 11) is 0. The van der Waals surface area contributed by atoms with Crippen LogP contribution in [0.2, 0.25) is 0 Å². The van der Waals surface area contributed by atoms with Crippen LogP contribution >= 0.6 is 15.9 Å². The number of hydrogen-bond donors (Lipinski definition) is 1. The van der Waals surface area contributed by atoms with Crippen molar-refractivity contribution in [1.29, 1.82) is 0 Å². The molecule has 0 saturated carbocycles. The lowest BCUT2D eigenvalue weighted by atomic mass is 9.78. The van der Waals surface area contributed by atoms with E-state index in [1.165, 1.54) is 0 Å². The van der Waals surface area contributed by atoms with Gasteiger partial charge >= 0.3 is 5.97 Å². The van der Waals surface area contributed by atoms with E-state index in [0.29, 0.717) is 19.4 Å². The lowest BCUT2D eigenvalue weighted by Gasteiger charge is -2.34. The molecule has 1 aromatic rings. The van der Waals surface area contributed by atoms with Gasteiger partial charge < -0.3 is 9.84 Å². The number of halogens is 1. The van der Waals surface area contributed by atoms with Crippen molar-refractivity contribution in [2.45, 2.75) is 39.2 Å². The maximum atomic E-state index is 12.0. The molecule has 2 atom stereocenters. The summed E-state index contributed by atoms with van der Waals surface area (Å²) in [6, 6.07) is 7.45. The minimum atomic E-state index is -1.19. The zero-order chi connectivity index (χ0) is 14.5. The van der Waals surface area contributed by atoms with E-state index >= 15 is 0 Å². The van der Waals surface area contributed by atoms with Crippen LogP contribution in [0.15, 0.2) is 28.7 Å². The summed E-state index contributed by atoms with van der Waals surface area (Å²) in [4.78, 5) is 12.0. The summed E-state index contributed by atoms with van der Waals surface area (Å²) in [5.41, 5.74) is -0.450. The van der Waals surface area contributed by atoms with Gasteiger partial charge in [0.25, 0.3) is 0 Å².